The van der Waals surface area contributed by atoms with E-state index in [4.69, 9.17) is 4.74 Å². The SMILES string of the molecule is O=C(COC(=O)c1ccncc1)N[C@@H]1CCS(=O)(=O)C1. The molecule has 2 heterocycles. The minimum absolute atomic E-state index is 0.0585. The molecule has 20 heavy (non-hydrogen) atoms. The topological polar surface area (TPSA) is 102 Å². The summed E-state index contributed by atoms with van der Waals surface area (Å²) in [6.45, 7) is -0.433. The lowest BCUT2D eigenvalue weighted by molar-refractivity contribution is -0.124. The molecule has 8 heteroatoms. The zero-order valence-corrected chi connectivity index (χ0v) is 11.4. The van der Waals surface area contributed by atoms with Gasteiger partial charge < -0.3 is 10.1 Å². The quantitative estimate of drug-likeness (QED) is 0.755. The Morgan fingerprint density at radius 2 is 2.05 bits per heavy atom. The van der Waals surface area contributed by atoms with E-state index in [9.17, 15) is 18.0 Å². The van der Waals surface area contributed by atoms with Gasteiger partial charge in [0.05, 0.1) is 17.1 Å². The molecule has 1 atom stereocenters. The lowest BCUT2D eigenvalue weighted by Crippen LogP contribution is -2.38. The Hall–Kier alpha value is -1.96. The average molecular weight is 298 g/mol. The van der Waals surface area contributed by atoms with Gasteiger partial charge in [-0.1, -0.05) is 0 Å². The van der Waals surface area contributed by atoms with Crippen LogP contribution in [0.25, 0.3) is 0 Å². The molecule has 1 amide bonds. The average Bonchev–Trinajstić information content (AvgIpc) is 2.76. The van der Waals surface area contributed by atoms with Gasteiger partial charge in [-0.05, 0) is 18.6 Å². The number of rotatable bonds is 4. The molecule has 0 spiro atoms. The molecule has 1 aromatic rings. The van der Waals surface area contributed by atoms with Crippen LogP contribution >= 0.6 is 0 Å². The number of nitrogens with zero attached hydrogens (tertiary/aromatic N) is 1. The molecule has 1 fully saturated rings. The van der Waals surface area contributed by atoms with Crippen LogP contribution < -0.4 is 5.32 Å². The molecule has 2 rings (SSSR count). The summed E-state index contributed by atoms with van der Waals surface area (Å²) in [5, 5.41) is 2.53. The highest BCUT2D eigenvalue weighted by atomic mass is 32.2. The highest BCUT2D eigenvalue weighted by Gasteiger charge is 2.29. The van der Waals surface area contributed by atoms with Crippen molar-refractivity contribution in [3.63, 3.8) is 0 Å². The first-order valence-corrected chi connectivity index (χ1v) is 7.85. The van der Waals surface area contributed by atoms with Crippen molar-refractivity contribution in [3.05, 3.63) is 30.1 Å². The van der Waals surface area contributed by atoms with Gasteiger partial charge in [0.1, 0.15) is 0 Å². The Kier molecular flexibility index (Phi) is 4.33. The van der Waals surface area contributed by atoms with Crippen LogP contribution in [0.4, 0.5) is 0 Å². The monoisotopic (exact) mass is 298 g/mol. The summed E-state index contributed by atoms with van der Waals surface area (Å²) >= 11 is 0. The highest BCUT2D eigenvalue weighted by Crippen LogP contribution is 2.11. The number of carbonyl (C=O) groups excluding carboxylic acids is 2. The van der Waals surface area contributed by atoms with Gasteiger partial charge in [-0.15, -0.1) is 0 Å². The van der Waals surface area contributed by atoms with Crippen molar-refractivity contribution >= 4 is 21.7 Å². The predicted molar refractivity (Wildman–Crippen MR) is 69.7 cm³/mol. The van der Waals surface area contributed by atoms with Crippen molar-refractivity contribution in [2.45, 2.75) is 12.5 Å². The van der Waals surface area contributed by atoms with Crippen molar-refractivity contribution in [2.75, 3.05) is 18.1 Å². The summed E-state index contributed by atoms with van der Waals surface area (Å²) in [4.78, 5) is 26.9. The minimum Gasteiger partial charge on any atom is -0.452 e. The maximum atomic E-state index is 11.6. The third-order valence-corrected chi connectivity index (χ3v) is 4.62. The van der Waals surface area contributed by atoms with E-state index in [1.165, 1.54) is 24.5 Å². The fraction of sp³-hybridized carbons (Fsp3) is 0.417. The fourth-order valence-corrected chi connectivity index (χ4v) is 3.55. The predicted octanol–water partition coefficient (Wildman–Crippen LogP) is -0.458. The third kappa shape index (κ3) is 4.02. The molecule has 1 aliphatic heterocycles. The fourth-order valence-electron chi connectivity index (χ4n) is 1.88. The van der Waals surface area contributed by atoms with E-state index in [2.05, 4.69) is 10.3 Å². The van der Waals surface area contributed by atoms with Crippen molar-refractivity contribution in [3.8, 4) is 0 Å². The number of ether oxygens (including phenoxy) is 1. The molecule has 1 N–H and O–H groups in total. The smallest absolute Gasteiger partial charge is 0.338 e. The second-order valence-electron chi connectivity index (χ2n) is 4.48. The Morgan fingerprint density at radius 3 is 2.65 bits per heavy atom. The van der Waals surface area contributed by atoms with E-state index >= 15 is 0 Å². The first kappa shape index (κ1) is 14.4. The summed E-state index contributed by atoms with van der Waals surface area (Å²) in [7, 11) is -3.04. The van der Waals surface area contributed by atoms with E-state index in [0.29, 0.717) is 12.0 Å². The molecule has 0 aromatic carbocycles. The maximum Gasteiger partial charge on any atom is 0.338 e. The van der Waals surface area contributed by atoms with Gasteiger partial charge in [-0.2, -0.15) is 0 Å². The molecule has 1 saturated heterocycles. The largest absolute Gasteiger partial charge is 0.452 e. The highest BCUT2D eigenvalue weighted by molar-refractivity contribution is 7.91. The van der Waals surface area contributed by atoms with Gasteiger partial charge in [-0.25, -0.2) is 13.2 Å². The summed E-state index contributed by atoms with van der Waals surface area (Å²) in [6.07, 6.45) is 3.28. The number of sulfone groups is 1. The second kappa shape index (κ2) is 6.00. The molecule has 108 valence electrons. The Bertz CT molecular complexity index is 600. The number of aromatic nitrogens is 1. The van der Waals surface area contributed by atoms with E-state index in [1.54, 1.807) is 0 Å². The van der Waals surface area contributed by atoms with Crippen LogP contribution in [0.2, 0.25) is 0 Å². The maximum absolute atomic E-state index is 11.6. The van der Waals surface area contributed by atoms with Gasteiger partial charge in [-0.3, -0.25) is 9.78 Å². The van der Waals surface area contributed by atoms with Crippen LogP contribution in [-0.2, 0) is 19.4 Å². The van der Waals surface area contributed by atoms with Gasteiger partial charge in [0.2, 0.25) is 0 Å². The van der Waals surface area contributed by atoms with Crippen LogP contribution in [0.1, 0.15) is 16.8 Å². The van der Waals surface area contributed by atoms with Crippen LogP contribution in [0, 0.1) is 0 Å². The van der Waals surface area contributed by atoms with Gasteiger partial charge >= 0.3 is 5.97 Å². The first-order valence-electron chi connectivity index (χ1n) is 6.03. The summed E-state index contributed by atoms with van der Waals surface area (Å²) in [6, 6.07) is 2.56. The molecule has 0 unspecified atom stereocenters. The number of esters is 1. The number of amides is 1. The van der Waals surface area contributed by atoms with Gasteiger partial charge in [0.15, 0.2) is 16.4 Å². The number of hydrogen-bond acceptors (Lipinski definition) is 6. The van der Waals surface area contributed by atoms with Crippen molar-refractivity contribution in [2.24, 2.45) is 0 Å². The molecule has 0 aliphatic carbocycles. The second-order valence-corrected chi connectivity index (χ2v) is 6.71. The molecule has 7 nitrogen and oxygen atoms in total. The van der Waals surface area contributed by atoms with E-state index < -0.39 is 34.4 Å². The van der Waals surface area contributed by atoms with Gasteiger partial charge in [0.25, 0.3) is 5.91 Å². The zero-order chi connectivity index (χ0) is 14.6. The van der Waals surface area contributed by atoms with Crippen molar-refractivity contribution < 1.29 is 22.7 Å². The molecule has 0 radical (unpaired) electrons. The lowest BCUT2D eigenvalue weighted by Gasteiger charge is -2.10. The summed E-state index contributed by atoms with van der Waals surface area (Å²) in [5.74, 6) is -1.11. The number of pyridine rings is 1. The number of hydrogen-bond donors (Lipinski definition) is 1. The Labute approximate surface area is 116 Å². The Balaban J connectivity index is 1.77. The number of carbonyl (C=O) groups is 2. The van der Waals surface area contributed by atoms with E-state index in [0.717, 1.165) is 0 Å². The summed E-state index contributed by atoms with van der Waals surface area (Å²) < 4.78 is 27.3. The Morgan fingerprint density at radius 1 is 1.35 bits per heavy atom. The number of nitrogens with one attached hydrogen (secondary N) is 1. The molecule has 0 bridgehead atoms. The van der Waals surface area contributed by atoms with Crippen molar-refractivity contribution in [1.29, 1.82) is 0 Å². The molecular weight excluding hydrogens is 284 g/mol. The van der Waals surface area contributed by atoms with Crippen LogP contribution in [-0.4, -0.2) is 49.4 Å². The molecule has 1 aliphatic rings. The summed E-state index contributed by atoms with van der Waals surface area (Å²) in [5.41, 5.74) is 0.302. The standard InChI is InChI=1S/C12H14N2O5S/c15-11(14-10-3-6-20(17,18)8-10)7-19-12(16)9-1-4-13-5-2-9/h1-2,4-5,10H,3,6-8H2,(H,14,15)/t10-/m1/s1. The molecule has 0 saturated carbocycles. The minimum atomic E-state index is -3.04. The van der Waals surface area contributed by atoms with Crippen LogP contribution in [0.15, 0.2) is 24.5 Å². The first-order chi connectivity index (χ1) is 9.46. The normalized spacial score (nSPS) is 20.3. The zero-order valence-electron chi connectivity index (χ0n) is 10.6. The third-order valence-electron chi connectivity index (χ3n) is 2.85. The van der Waals surface area contributed by atoms with Crippen molar-refractivity contribution in [1.82, 2.24) is 10.3 Å². The molecule has 1 aromatic heterocycles. The van der Waals surface area contributed by atoms with E-state index in [1.807, 2.05) is 0 Å². The lowest BCUT2D eigenvalue weighted by atomic mass is 10.2. The van der Waals surface area contributed by atoms with E-state index in [-0.39, 0.29) is 11.5 Å². The van der Waals surface area contributed by atoms with Gasteiger partial charge in [0, 0.05) is 18.4 Å². The van der Waals surface area contributed by atoms with Crippen LogP contribution in [0.5, 0.6) is 0 Å². The van der Waals surface area contributed by atoms with Crippen LogP contribution in [0.3, 0.4) is 0 Å². The molecular formula is C12H14N2O5S.